The number of Topliss-reactive ketones (excluding diaryl/α,β-unsaturated/α-hetero) is 1. The highest BCUT2D eigenvalue weighted by atomic mass is 32.2. The van der Waals surface area contributed by atoms with E-state index in [1.54, 1.807) is 59.0 Å². The van der Waals surface area contributed by atoms with E-state index in [4.69, 9.17) is 0 Å². The number of nitrogens with one attached hydrogen (secondary N) is 1. The molecule has 5 rings (SSSR count). The number of rotatable bonds is 5. The van der Waals surface area contributed by atoms with E-state index in [2.05, 4.69) is 15.4 Å². The highest BCUT2D eigenvalue weighted by molar-refractivity contribution is 7.98. The van der Waals surface area contributed by atoms with Gasteiger partial charge in [-0.3, -0.25) is 9.59 Å². The number of anilines is 1. The lowest BCUT2D eigenvalue weighted by Gasteiger charge is -2.18. The van der Waals surface area contributed by atoms with E-state index < -0.39 is 17.6 Å². The molecular weight excluding hydrogens is 434 g/mol. The van der Waals surface area contributed by atoms with E-state index in [-0.39, 0.29) is 5.69 Å². The average Bonchev–Trinajstić information content (AvgIpc) is 3.26. The largest absolute Gasteiger partial charge is 0.325 e. The van der Waals surface area contributed by atoms with Gasteiger partial charge in [-0.05, 0) is 30.3 Å². The van der Waals surface area contributed by atoms with Gasteiger partial charge >= 0.3 is 0 Å². The van der Waals surface area contributed by atoms with Crippen molar-refractivity contribution in [2.24, 2.45) is 5.92 Å². The number of nitriles is 1. The fraction of sp³-hybridized carbons (Fsp3) is 0.0800. The van der Waals surface area contributed by atoms with Gasteiger partial charge in [0.05, 0.1) is 11.8 Å². The van der Waals surface area contributed by atoms with Crippen molar-refractivity contribution in [2.75, 3.05) is 5.32 Å². The molecule has 3 heterocycles. The molecule has 4 aromatic rings. The maximum absolute atomic E-state index is 13.4. The molecule has 8 heteroatoms. The van der Waals surface area contributed by atoms with Crippen LogP contribution in [0.1, 0.15) is 16.1 Å². The fourth-order valence-electron chi connectivity index (χ4n) is 3.75. The Labute approximate surface area is 194 Å². The summed E-state index contributed by atoms with van der Waals surface area (Å²) < 4.78 is 1.63. The highest BCUT2D eigenvalue weighted by Crippen LogP contribution is 2.43. The Morgan fingerprint density at radius 1 is 1.03 bits per heavy atom. The number of amides is 1. The van der Waals surface area contributed by atoms with Crippen molar-refractivity contribution in [3.8, 4) is 23.1 Å². The van der Waals surface area contributed by atoms with Crippen LogP contribution in [-0.4, -0.2) is 26.5 Å². The minimum atomic E-state index is -1.52. The van der Waals surface area contributed by atoms with Gasteiger partial charge in [-0.2, -0.15) is 10.4 Å². The predicted octanol–water partition coefficient (Wildman–Crippen LogP) is 4.50. The normalized spacial score (nSPS) is 12.7. The number of pyridine rings is 1. The Hall–Kier alpha value is -4.22. The molecule has 0 spiro atoms. The van der Waals surface area contributed by atoms with Crippen molar-refractivity contribution in [1.82, 2.24) is 14.8 Å². The SMILES string of the molecule is N#CC(C(=O)Nc1ccccc1)C(=O)c1nn(-c2ccccn2)c2c1CSc1ccccc1-2. The van der Waals surface area contributed by atoms with Crippen molar-refractivity contribution < 1.29 is 9.59 Å². The van der Waals surface area contributed by atoms with E-state index in [0.29, 0.717) is 22.8 Å². The number of fused-ring (bicyclic) bond motifs is 3. The molecule has 7 nitrogen and oxygen atoms in total. The third kappa shape index (κ3) is 3.79. The molecule has 0 fully saturated rings. The number of benzene rings is 2. The molecule has 0 saturated carbocycles. The first kappa shape index (κ1) is 20.7. The Kier molecular flexibility index (Phi) is 5.47. The third-order valence-electron chi connectivity index (χ3n) is 5.29. The Bertz CT molecular complexity index is 1390. The minimum absolute atomic E-state index is 0.118. The van der Waals surface area contributed by atoms with Crippen LogP contribution in [0.4, 0.5) is 5.69 Å². The number of ketones is 1. The van der Waals surface area contributed by atoms with Crippen molar-refractivity contribution in [3.05, 3.63) is 90.3 Å². The van der Waals surface area contributed by atoms with Crippen molar-refractivity contribution in [2.45, 2.75) is 10.6 Å². The zero-order chi connectivity index (χ0) is 22.8. The van der Waals surface area contributed by atoms with E-state index >= 15 is 0 Å². The highest BCUT2D eigenvalue weighted by Gasteiger charge is 2.35. The van der Waals surface area contributed by atoms with E-state index in [9.17, 15) is 14.9 Å². The Balaban J connectivity index is 1.59. The van der Waals surface area contributed by atoms with Gasteiger partial charge in [0.25, 0.3) is 0 Å². The summed E-state index contributed by atoms with van der Waals surface area (Å²) in [6.45, 7) is 0. The number of carbonyl (C=O) groups is 2. The topological polar surface area (TPSA) is 101 Å². The Morgan fingerprint density at radius 3 is 2.55 bits per heavy atom. The number of para-hydroxylation sites is 1. The standard InChI is InChI=1S/C25H17N5O2S/c26-14-18(25(32)28-16-8-2-1-3-9-16)24(31)22-19-15-33-20-11-5-4-10-17(20)23(19)30(29-22)21-12-6-7-13-27-21/h1-13,18H,15H2,(H,28,32). The zero-order valence-corrected chi connectivity index (χ0v) is 18.1. The van der Waals surface area contributed by atoms with Crippen LogP contribution in [0.25, 0.3) is 17.1 Å². The molecule has 160 valence electrons. The van der Waals surface area contributed by atoms with Gasteiger partial charge in [0, 0.05) is 33.7 Å². The van der Waals surface area contributed by atoms with E-state index in [1.165, 1.54) is 0 Å². The number of thioether (sulfide) groups is 1. The van der Waals surface area contributed by atoms with Gasteiger partial charge in [0.15, 0.2) is 11.7 Å². The summed E-state index contributed by atoms with van der Waals surface area (Å²) in [7, 11) is 0. The third-order valence-corrected chi connectivity index (χ3v) is 6.39. The molecule has 0 aliphatic carbocycles. The zero-order valence-electron chi connectivity index (χ0n) is 17.3. The maximum atomic E-state index is 13.4. The molecule has 1 aliphatic heterocycles. The number of hydrogen-bond acceptors (Lipinski definition) is 6. The molecular formula is C25H17N5O2S. The fourth-order valence-corrected chi connectivity index (χ4v) is 4.82. The monoisotopic (exact) mass is 451 g/mol. The first-order valence-corrected chi connectivity index (χ1v) is 11.2. The summed E-state index contributed by atoms with van der Waals surface area (Å²) in [4.78, 5) is 31.7. The lowest BCUT2D eigenvalue weighted by Crippen LogP contribution is -2.29. The molecule has 1 amide bonds. The summed E-state index contributed by atoms with van der Waals surface area (Å²) in [5.41, 5.74) is 3.02. The van der Waals surface area contributed by atoms with Crippen LogP contribution < -0.4 is 5.32 Å². The molecule has 1 atom stereocenters. The van der Waals surface area contributed by atoms with Crippen LogP contribution in [0.5, 0.6) is 0 Å². The predicted molar refractivity (Wildman–Crippen MR) is 125 cm³/mol. The average molecular weight is 452 g/mol. The van der Waals surface area contributed by atoms with Gasteiger partial charge in [-0.1, -0.05) is 42.5 Å². The van der Waals surface area contributed by atoms with Gasteiger partial charge in [-0.15, -0.1) is 11.8 Å². The van der Waals surface area contributed by atoms with Crippen molar-refractivity contribution in [1.29, 1.82) is 5.26 Å². The summed E-state index contributed by atoms with van der Waals surface area (Å²) in [5, 5.41) is 16.9. The number of aromatic nitrogens is 3. The van der Waals surface area contributed by atoms with E-state index in [1.807, 2.05) is 42.5 Å². The second-order valence-corrected chi connectivity index (χ2v) is 8.36. The molecule has 2 aromatic heterocycles. The molecule has 1 N–H and O–H groups in total. The second kappa shape index (κ2) is 8.73. The van der Waals surface area contributed by atoms with Crippen LogP contribution in [0.2, 0.25) is 0 Å². The van der Waals surface area contributed by atoms with Gasteiger partial charge in [-0.25, -0.2) is 9.67 Å². The summed E-state index contributed by atoms with van der Waals surface area (Å²) >= 11 is 1.59. The lowest BCUT2D eigenvalue weighted by molar-refractivity contribution is -0.117. The van der Waals surface area contributed by atoms with Gasteiger partial charge in [0.1, 0.15) is 5.69 Å². The smallest absolute Gasteiger partial charge is 0.249 e. The summed E-state index contributed by atoms with van der Waals surface area (Å²) in [6, 6.07) is 23.9. The first-order chi connectivity index (χ1) is 16.2. The van der Waals surface area contributed by atoms with Crippen LogP contribution in [0.3, 0.4) is 0 Å². The number of carbonyl (C=O) groups excluding carboxylic acids is 2. The van der Waals surface area contributed by atoms with E-state index in [0.717, 1.165) is 16.2 Å². The molecule has 2 aromatic carbocycles. The molecule has 0 saturated heterocycles. The minimum Gasteiger partial charge on any atom is -0.325 e. The summed E-state index contributed by atoms with van der Waals surface area (Å²) in [5.74, 6) is -1.78. The first-order valence-electron chi connectivity index (χ1n) is 10.2. The van der Waals surface area contributed by atoms with Crippen molar-refractivity contribution in [3.63, 3.8) is 0 Å². The Morgan fingerprint density at radius 2 is 1.79 bits per heavy atom. The quantitative estimate of drug-likeness (QED) is 0.354. The maximum Gasteiger partial charge on any atom is 0.249 e. The molecule has 0 bridgehead atoms. The molecule has 1 aliphatic rings. The van der Waals surface area contributed by atoms with Crippen LogP contribution >= 0.6 is 11.8 Å². The number of nitrogens with zero attached hydrogens (tertiary/aromatic N) is 4. The molecule has 33 heavy (non-hydrogen) atoms. The van der Waals surface area contributed by atoms with Crippen molar-refractivity contribution >= 4 is 29.1 Å². The van der Waals surface area contributed by atoms with Crippen LogP contribution in [0.15, 0.2) is 83.9 Å². The second-order valence-electron chi connectivity index (χ2n) is 7.34. The van der Waals surface area contributed by atoms with Crippen LogP contribution in [0, 0.1) is 17.2 Å². The summed E-state index contributed by atoms with van der Waals surface area (Å²) in [6.07, 6.45) is 1.65. The van der Waals surface area contributed by atoms with Crippen LogP contribution in [-0.2, 0) is 10.5 Å². The van der Waals surface area contributed by atoms with Gasteiger partial charge < -0.3 is 5.32 Å². The number of hydrogen-bond donors (Lipinski definition) is 1. The molecule has 1 unspecified atom stereocenters. The lowest BCUT2D eigenvalue weighted by atomic mass is 9.97. The van der Waals surface area contributed by atoms with Gasteiger partial charge in [0.2, 0.25) is 11.7 Å². The molecule has 0 radical (unpaired) electrons.